The third-order valence-corrected chi connectivity index (χ3v) is 8.98. The van der Waals surface area contributed by atoms with Gasteiger partial charge in [0, 0.05) is 29.7 Å². The first kappa shape index (κ1) is 32.3. The molecule has 2 aromatic carbocycles. The molecule has 0 aromatic heterocycles. The smallest absolute Gasteiger partial charge is 0.406 e. The maximum absolute atomic E-state index is 13.9. The molecule has 2 fully saturated rings. The van der Waals surface area contributed by atoms with Gasteiger partial charge in [-0.2, -0.15) is 0 Å². The summed E-state index contributed by atoms with van der Waals surface area (Å²) in [5, 5.41) is 9.96. The van der Waals surface area contributed by atoms with Gasteiger partial charge < -0.3 is 25.4 Å². The number of rotatable bonds is 13. The summed E-state index contributed by atoms with van der Waals surface area (Å²) in [6.45, 7) is 1.32. The summed E-state index contributed by atoms with van der Waals surface area (Å²) in [4.78, 5) is 25.5. The molecule has 2 aliphatic rings. The molecule has 0 saturated heterocycles. The lowest BCUT2D eigenvalue weighted by Gasteiger charge is -2.28. The number of hydrogen-bond acceptors (Lipinski definition) is 5. The van der Waals surface area contributed by atoms with Gasteiger partial charge in [0.1, 0.15) is 6.10 Å². The molecule has 2 aromatic rings. The Morgan fingerprint density at radius 2 is 1.69 bits per heavy atom. The normalized spacial score (nSPS) is 17.8. The Morgan fingerprint density at radius 1 is 0.952 bits per heavy atom. The van der Waals surface area contributed by atoms with E-state index in [1.54, 1.807) is 0 Å². The van der Waals surface area contributed by atoms with E-state index in [4.69, 9.17) is 21.1 Å². The fourth-order valence-electron chi connectivity index (χ4n) is 6.62. The summed E-state index contributed by atoms with van der Waals surface area (Å²) in [6.07, 6.45) is 12.4. The molecule has 0 radical (unpaired) electrons. The monoisotopic (exact) mass is 597 g/mol. The highest BCUT2D eigenvalue weighted by Gasteiger charge is 2.25. The quantitative estimate of drug-likeness (QED) is 0.214. The van der Waals surface area contributed by atoms with Crippen molar-refractivity contribution in [3.8, 4) is 0 Å². The second-order valence-electron chi connectivity index (χ2n) is 11.9. The van der Waals surface area contributed by atoms with Gasteiger partial charge in [0.15, 0.2) is 0 Å². The third-order valence-electron chi connectivity index (χ3n) is 8.74. The molecular formula is C34H48ClN3O4. The molecular weight excluding hydrogens is 550 g/mol. The number of nitrogens with one attached hydrogen (secondary N) is 3. The molecule has 42 heavy (non-hydrogen) atoms. The Hall–Kier alpha value is -2.61. The summed E-state index contributed by atoms with van der Waals surface area (Å²) in [6, 6.07) is 14.0. The summed E-state index contributed by atoms with van der Waals surface area (Å²) in [5.41, 5.74) is 3.68. The van der Waals surface area contributed by atoms with E-state index in [9.17, 15) is 9.59 Å². The van der Waals surface area contributed by atoms with Gasteiger partial charge >= 0.3 is 6.09 Å². The molecule has 4 rings (SSSR count). The van der Waals surface area contributed by atoms with Crippen LogP contribution in [-0.2, 0) is 9.47 Å². The molecule has 3 N–H and O–H groups in total. The molecule has 0 heterocycles. The number of amides is 2. The van der Waals surface area contributed by atoms with E-state index in [0.717, 1.165) is 36.9 Å². The Balaban J connectivity index is 1.63. The van der Waals surface area contributed by atoms with Crippen LogP contribution in [0.3, 0.4) is 0 Å². The van der Waals surface area contributed by atoms with E-state index >= 15 is 0 Å². The molecule has 0 spiro atoms. The summed E-state index contributed by atoms with van der Waals surface area (Å²) in [7, 11) is 3.29. The lowest BCUT2D eigenvalue weighted by molar-refractivity contribution is 0.0803. The number of halogens is 1. The molecule has 2 amide bonds. The topological polar surface area (TPSA) is 88.7 Å². The number of likely N-dealkylation sites (N-methyl/N-ethyl adjacent to an activating group) is 1. The first-order valence-corrected chi connectivity index (χ1v) is 16.1. The molecule has 0 aliphatic heterocycles. The highest BCUT2D eigenvalue weighted by molar-refractivity contribution is 6.30. The van der Waals surface area contributed by atoms with Crippen LogP contribution in [-0.4, -0.2) is 51.9 Å². The van der Waals surface area contributed by atoms with Crippen LogP contribution in [0.1, 0.15) is 110 Å². The van der Waals surface area contributed by atoms with Crippen molar-refractivity contribution in [1.29, 1.82) is 0 Å². The van der Waals surface area contributed by atoms with Crippen LogP contribution in [0.25, 0.3) is 0 Å². The lowest BCUT2D eigenvalue weighted by Crippen LogP contribution is -2.42. The summed E-state index contributed by atoms with van der Waals surface area (Å²) >= 11 is 6.40. The fraction of sp³-hybridized carbons (Fsp3) is 0.588. The number of ether oxygens (including phenoxy) is 2. The van der Waals surface area contributed by atoms with Crippen molar-refractivity contribution in [3.63, 3.8) is 0 Å². The van der Waals surface area contributed by atoms with Gasteiger partial charge in [0.2, 0.25) is 0 Å². The number of benzene rings is 2. The number of alkyl carbamates (subject to hydrolysis) is 1. The Morgan fingerprint density at radius 3 is 2.38 bits per heavy atom. The molecule has 230 valence electrons. The zero-order chi connectivity index (χ0) is 29.7. The van der Waals surface area contributed by atoms with E-state index in [1.807, 2.05) is 37.4 Å². The molecule has 7 nitrogen and oxygen atoms in total. The number of hydrogen-bond donors (Lipinski definition) is 3. The minimum Gasteiger partial charge on any atom is -0.453 e. The predicted molar refractivity (Wildman–Crippen MR) is 168 cm³/mol. The van der Waals surface area contributed by atoms with E-state index in [1.165, 1.54) is 64.0 Å². The largest absolute Gasteiger partial charge is 0.453 e. The van der Waals surface area contributed by atoms with Gasteiger partial charge in [0.25, 0.3) is 5.91 Å². The highest BCUT2D eigenvalue weighted by Crippen LogP contribution is 2.37. The van der Waals surface area contributed by atoms with Crippen LogP contribution in [0.5, 0.6) is 0 Å². The van der Waals surface area contributed by atoms with E-state index < -0.39 is 12.2 Å². The van der Waals surface area contributed by atoms with Gasteiger partial charge in [-0.3, -0.25) is 4.79 Å². The molecule has 0 bridgehead atoms. The van der Waals surface area contributed by atoms with E-state index in [-0.39, 0.29) is 18.6 Å². The van der Waals surface area contributed by atoms with Gasteiger partial charge in [-0.25, -0.2) is 4.79 Å². The third kappa shape index (κ3) is 9.72. The van der Waals surface area contributed by atoms with Crippen LogP contribution < -0.4 is 16.0 Å². The highest BCUT2D eigenvalue weighted by atomic mass is 35.5. The number of carbonyl (C=O) groups is 2. The van der Waals surface area contributed by atoms with Crippen LogP contribution in [0.15, 0.2) is 42.5 Å². The van der Waals surface area contributed by atoms with Crippen molar-refractivity contribution in [1.82, 2.24) is 16.0 Å². The molecule has 2 aliphatic carbocycles. The Bertz CT molecular complexity index is 1150. The predicted octanol–water partition coefficient (Wildman–Crippen LogP) is 7.14. The van der Waals surface area contributed by atoms with Crippen molar-refractivity contribution in [2.24, 2.45) is 5.92 Å². The first-order chi connectivity index (χ1) is 20.5. The van der Waals surface area contributed by atoms with Gasteiger partial charge in [-0.1, -0.05) is 81.2 Å². The van der Waals surface area contributed by atoms with Gasteiger partial charge in [0.05, 0.1) is 13.7 Å². The maximum atomic E-state index is 13.9. The van der Waals surface area contributed by atoms with Crippen LogP contribution in [0, 0.1) is 5.92 Å². The lowest BCUT2D eigenvalue weighted by atomic mass is 9.82. The van der Waals surface area contributed by atoms with Crippen molar-refractivity contribution >= 4 is 23.6 Å². The minimum absolute atomic E-state index is 0.0397. The average Bonchev–Trinajstić information content (AvgIpc) is 3.01. The van der Waals surface area contributed by atoms with Crippen LogP contribution >= 0.6 is 11.6 Å². The number of methoxy groups -OCH3 is 1. The standard InChI is InChI=1S/C34H48ClN3O4/c1-36-23-31(18-24-10-5-3-6-11-24)38-33(39)29-20-27(25-12-7-4-8-13-25)19-28(21-29)32(26-14-9-15-30(35)22-26)42-17-16-37-34(40)41-2/h9,14-15,19-22,24-25,31-32,36H,3-8,10-13,16-18,23H2,1-2H3,(H,37,40)(H,38,39)/t31-,32?/m0/s1. The zero-order valence-corrected chi connectivity index (χ0v) is 26.0. The molecule has 2 atom stereocenters. The molecule has 2 saturated carbocycles. The minimum atomic E-state index is -0.500. The van der Waals surface area contributed by atoms with Crippen LogP contribution in [0.4, 0.5) is 4.79 Å². The van der Waals surface area contributed by atoms with Crippen molar-refractivity contribution < 1.29 is 19.1 Å². The van der Waals surface area contributed by atoms with Gasteiger partial charge in [-0.15, -0.1) is 0 Å². The van der Waals surface area contributed by atoms with Crippen molar-refractivity contribution in [2.75, 3.05) is 33.9 Å². The SMILES string of the molecule is CNC[C@H](CC1CCCCC1)NC(=O)c1cc(C2CCCCC2)cc(C(OCCNC(=O)OC)c2cccc(Cl)c2)c1. The summed E-state index contributed by atoms with van der Waals surface area (Å²) < 4.78 is 11.1. The van der Waals surface area contributed by atoms with Crippen LogP contribution in [0.2, 0.25) is 5.02 Å². The zero-order valence-electron chi connectivity index (χ0n) is 25.3. The second kappa shape index (κ2) is 16.9. The molecule has 8 heteroatoms. The van der Waals surface area contributed by atoms with Crippen molar-refractivity contribution in [2.45, 2.75) is 88.7 Å². The molecule has 1 unspecified atom stereocenters. The van der Waals surface area contributed by atoms with Gasteiger partial charge in [-0.05, 0) is 79.1 Å². The van der Waals surface area contributed by atoms with Crippen molar-refractivity contribution in [3.05, 3.63) is 69.7 Å². The Labute approximate surface area is 256 Å². The second-order valence-corrected chi connectivity index (χ2v) is 12.4. The Kier molecular flexibility index (Phi) is 13.0. The number of carbonyl (C=O) groups excluding carboxylic acids is 2. The van der Waals surface area contributed by atoms with E-state index in [2.05, 4.69) is 28.1 Å². The fourth-order valence-corrected chi connectivity index (χ4v) is 6.82. The summed E-state index contributed by atoms with van der Waals surface area (Å²) in [5.74, 6) is 1.05. The van der Waals surface area contributed by atoms with E-state index in [0.29, 0.717) is 29.0 Å². The maximum Gasteiger partial charge on any atom is 0.406 e. The first-order valence-electron chi connectivity index (χ1n) is 15.8. The average molecular weight is 598 g/mol.